The van der Waals surface area contributed by atoms with E-state index < -0.39 is 5.82 Å². The number of nitrogens with two attached hydrogens (primary N) is 1. The summed E-state index contributed by atoms with van der Waals surface area (Å²) in [6.07, 6.45) is 2.39. The van der Waals surface area contributed by atoms with E-state index in [0.29, 0.717) is 11.5 Å². The van der Waals surface area contributed by atoms with Crippen molar-refractivity contribution in [1.29, 1.82) is 0 Å². The van der Waals surface area contributed by atoms with Crippen LogP contribution in [0.4, 0.5) is 4.39 Å². The lowest BCUT2D eigenvalue weighted by Gasteiger charge is -2.10. The van der Waals surface area contributed by atoms with E-state index in [4.69, 9.17) is 22.1 Å². The molecular formula is C14H14ClFN2O. The molecule has 2 rings (SSSR count). The van der Waals surface area contributed by atoms with E-state index in [1.165, 1.54) is 18.2 Å². The van der Waals surface area contributed by atoms with Crippen molar-refractivity contribution in [3.05, 3.63) is 53.1 Å². The summed E-state index contributed by atoms with van der Waals surface area (Å²) in [5.74, 6) is 0.512. The van der Waals surface area contributed by atoms with Crippen LogP contribution in [0, 0.1) is 5.82 Å². The average Bonchev–Trinajstić information content (AvgIpc) is 2.42. The lowest BCUT2D eigenvalue weighted by molar-refractivity contribution is 0.477. The van der Waals surface area contributed by atoms with Crippen molar-refractivity contribution < 1.29 is 9.13 Å². The summed E-state index contributed by atoms with van der Waals surface area (Å²) in [6, 6.07) is 7.45. The van der Waals surface area contributed by atoms with Gasteiger partial charge in [-0.15, -0.1) is 0 Å². The third-order valence-electron chi connectivity index (χ3n) is 2.70. The summed E-state index contributed by atoms with van der Waals surface area (Å²) in [4.78, 5) is 4.23. The summed E-state index contributed by atoms with van der Waals surface area (Å²) in [5.41, 5.74) is 6.68. The molecule has 5 heteroatoms. The molecule has 0 fully saturated rings. The zero-order chi connectivity index (χ0) is 13.8. The van der Waals surface area contributed by atoms with Crippen LogP contribution in [0.25, 0.3) is 0 Å². The number of pyridine rings is 1. The van der Waals surface area contributed by atoms with Gasteiger partial charge in [0, 0.05) is 6.04 Å². The number of hydrogen-bond acceptors (Lipinski definition) is 3. The second-order valence-corrected chi connectivity index (χ2v) is 4.52. The van der Waals surface area contributed by atoms with Crippen molar-refractivity contribution in [2.45, 2.75) is 19.4 Å². The van der Waals surface area contributed by atoms with Gasteiger partial charge in [0.25, 0.3) is 0 Å². The Balaban J connectivity index is 2.15. The molecule has 0 radical (unpaired) electrons. The molecule has 0 bridgehead atoms. The zero-order valence-electron chi connectivity index (χ0n) is 10.4. The summed E-state index contributed by atoms with van der Waals surface area (Å²) in [6.45, 7) is 2.00. The van der Waals surface area contributed by atoms with Crippen LogP contribution in [-0.4, -0.2) is 4.98 Å². The molecule has 0 spiro atoms. The Bertz CT molecular complexity index is 560. The van der Waals surface area contributed by atoms with Crippen LogP contribution in [-0.2, 0) is 0 Å². The molecule has 1 aromatic heterocycles. The van der Waals surface area contributed by atoms with Gasteiger partial charge in [0.05, 0.1) is 16.9 Å². The topological polar surface area (TPSA) is 48.1 Å². The van der Waals surface area contributed by atoms with Gasteiger partial charge < -0.3 is 10.5 Å². The van der Waals surface area contributed by atoms with Gasteiger partial charge >= 0.3 is 0 Å². The second-order valence-electron chi connectivity index (χ2n) is 4.11. The molecule has 1 atom stereocenters. The molecule has 0 aliphatic carbocycles. The van der Waals surface area contributed by atoms with Gasteiger partial charge in [-0.3, -0.25) is 4.98 Å². The fourth-order valence-corrected chi connectivity index (χ4v) is 1.77. The van der Waals surface area contributed by atoms with E-state index >= 15 is 0 Å². The molecule has 1 heterocycles. The molecule has 1 aromatic carbocycles. The number of ether oxygens (including phenoxy) is 1. The van der Waals surface area contributed by atoms with Crippen molar-refractivity contribution in [1.82, 2.24) is 4.98 Å². The summed E-state index contributed by atoms with van der Waals surface area (Å²) >= 11 is 5.88. The minimum atomic E-state index is -0.403. The molecule has 19 heavy (non-hydrogen) atoms. The largest absolute Gasteiger partial charge is 0.454 e. The van der Waals surface area contributed by atoms with Crippen LogP contribution in [0.2, 0.25) is 5.02 Å². The minimum Gasteiger partial charge on any atom is -0.454 e. The normalized spacial score (nSPS) is 12.2. The SMILES string of the molecule is CC[C@@H](N)c1ccc(Oc2ccc(F)cc2Cl)cn1. The fourth-order valence-electron chi connectivity index (χ4n) is 1.57. The van der Waals surface area contributed by atoms with Gasteiger partial charge in [0.1, 0.15) is 17.3 Å². The molecule has 100 valence electrons. The summed E-state index contributed by atoms with van der Waals surface area (Å²) in [7, 11) is 0. The Morgan fingerprint density at radius 2 is 2.16 bits per heavy atom. The Morgan fingerprint density at radius 1 is 1.37 bits per heavy atom. The van der Waals surface area contributed by atoms with Crippen LogP contribution < -0.4 is 10.5 Å². The molecule has 0 amide bonds. The van der Waals surface area contributed by atoms with Gasteiger partial charge in [-0.25, -0.2) is 4.39 Å². The van der Waals surface area contributed by atoms with Crippen molar-refractivity contribution >= 4 is 11.6 Å². The maximum Gasteiger partial charge on any atom is 0.146 e. The first-order valence-corrected chi connectivity index (χ1v) is 6.32. The Kier molecular flexibility index (Phi) is 4.35. The minimum absolute atomic E-state index is 0.0801. The third kappa shape index (κ3) is 3.43. The highest BCUT2D eigenvalue weighted by molar-refractivity contribution is 6.32. The smallest absolute Gasteiger partial charge is 0.146 e. The standard InChI is InChI=1S/C14H14ClFN2O/c1-2-12(17)13-5-4-10(8-18-13)19-14-6-3-9(16)7-11(14)15/h3-8,12H,2,17H2,1H3/t12-/m1/s1. The van der Waals surface area contributed by atoms with Crippen molar-refractivity contribution in [3.8, 4) is 11.5 Å². The van der Waals surface area contributed by atoms with Crippen LogP contribution in [0.3, 0.4) is 0 Å². The lowest BCUT2D eigenvalue weighted by Crippen LogP contribution is -2.10. The summed E-state index contributed by atoms with van der Waals surface area (Å²) < 4.78 is 18.4. The molecule has 0 aliphatic heterocycles. The number of benzene rings is 1. The quantitative estimate of drug-likeness (QED) is 0.918. The average molecular weight is 281 g/mol. The third-order valence-corrected chi connectivity index (χ3v) is 3.00. The molecule has 2 N–H and O–H groups in total. The molecule has 0 saturated heterocycles. The first-order valence-electron chi connectivity index (χ1n) is 5.94. The van der Waals surface area contributed by atoms with E-state index in [2.05, 4.69) is 4.98 Å². The Morgan fingerprint density at radius 3 is 2.74 bits per heavy atom. The molecule has 0 aliphatic rings. The van der Waals surface area contributed by atoms with Gasteiger partial charge in [-0.1, -0.05) is 18.5 Å². The molecule has 3 nitrogen and oxygen atoms in total. The second kappa shape index (κ2) is 5.99. The monoisotopic (exact) mass is 280 g/mol. The predicted octanol–water partition coefficient (Wildman–Crippen LogP) is 4.08. The number of rotatable bonds is 4. The van der Waals surface area contributed by atoms with Crippen LogP contribution >= 0.6 is 11.6 Å². The maximum absolute atomic E-state index is 12.9. The number of hydrogen-bond donors (Lipinski definition) is 1. The highest BCUT2D eigenvalue weighted by atomic mass is 35.5. The molecular weight excluding hydrogens is 267 g/mol. The van der Waals surface area contributed by atoms with Crippen molar-refractivity contribution in [2.24, 2.45) is 5.73 Å². The number of aromatic nitrogens is 1. The maximum atomic E-state index is 12.9. The molecule has 0 unspecified atom stereocenters. The van der Waals surface area contributed by atoms with Gasteiger partial charge in [0.15, 0.2) is 0 Å². The van der Waals surface area contributed by atoms with E-state index in [-0.39, 0.29) is 11.1 Å². The van der Waals surface area contributed by atoms with Crippen molar-refractivity contribution in [3.63, 3.8) is 0 Å². The highest BCUT2D eigenvalue weighted by Gasteiger charge is 2.07. The van der Waals surface area contributed by atoms with Crippen LogP contribution in [0.15, 0.2) is 36.5 Å². The zero-order valence-corrected chi connectivity index (χ0v) is 11.2. The Labute approximate surface area is 116 Å². The fraction of sp³-hybridized carbons (Fsp3) is 0.214. The first kappa shape index (κ1) is 13.8. The molecule has 2 aromatic rings. The van der Waals surface area contributed by atoms with Crippen LogP contribution in [0.5, 0.6) is 11.5 Å². The number of nitrogens with zero attached hydrogens (tertiary/aromatic N) is 1. The molecule has 0 saturated carbocycles. The van der Waals surface area contributed by atoms with E-state index in [1.807, 2.05) is 6.92 Å². The Hall–Kier alpha value is -1.65. The van der Waals surface area contributed by atoms with Gasteiger partial charge in [-0.2, -0.15) is 0 Å². The summed E-state index contributed by atoms with van der Waals surface area (Å²) in [5, 5.41) is 0.217. The lowest BCUT2D eigenvalue weighted by atomic mass is 10.1. The highest BCUT2D eigenvalue weighted by Crippen LogP contribution is 2.29. The van der Waals surface area contributed by atoms with E-state index in [1.54, 1.807) is 18.3 Å². The number of halogens is 2. The van der Waals surface area contributed by atoms with Gasteiger partial charge in [0.2, 0.25) is 0 Å². The van der Waals surface area contributed by atoms with E-state index in [9.17, 15) is 4.39 Å². The predicted molar refractivity (Wildman–Crippen MR) is 72.9 cm³/mol. The van der Waals surface area contributed by atoms with Crippen LogP contribution in [0.1, 0.15) is 25.1 Å². The van der Waals surface area contributed by atoms with Crippen molar-refractivity contribution in [2.75, 3.05) is 0 Å². The van der Waals surface area contributed by atoms with Gasteiger partial charge in [-0.05, 0) is 36.8 Å². The van der Waals surface area contributed by atoms with E-state index in [0.717, 1.165) is 12.1 Å². The first-order chi connectivity index (χ1) is 9.10.